The number of hydrogen-bond donors (Lipinski definition) is 3. The molecule has 27 heavy (non-hydrogen) atoms. The number of nitrogens with one attached hydrogen (secondary N) is 3. The van der Waals surface area contributed by atoms with Crippen molar-refractivity contribution in [3.8, 4) is 0 Å². The second-order valence-electron chi connectivity index (χ2n) is 5.81. The number of nitrogens with zero attached hydrogens (tertiary/aromatic N) is 1. The van der Waals surface area contributed by atoms with Gasteiger partial charge in [-0.15, -0.1) is 11.8 Å². The van der Waals surface area contributed by atoms with E-state index >= 15 is 0 Å². The van der Waals surface area contributed by atoms with Crippen molar-refractivity contribution in [3.05, 3.63) is 59.1 Å². The Morgan fingerprint density at radius 1 is 1.15 bits per heavy atom. The van der Waals surface area contributed by atoms with Crippen molar-refractivity contribution < 1.29 is 4.79 Å². The van der Waals surface area contributed by atoms with E-state index in [4.69, 9.17) is 11.6 Å². The van der Waals surface area contributed by atoms with E-state index in [2.05, 4.69) is 20.9 Å². The molecule has 1 amide bonds. The largest absolute Gasteiger partial charge is 0.357 e. The highest BCUT2D eigenvalue weighted by Gasteiger charge is 2.01. The molecule has 0 aromatic heterocycles. The molecule has 0 saturated heterocycles. The molecule has 0 aliphatic carbocycles. The van der Waals surface area contributed by atoms with E-state index in [-0.39, 0.29) is 5.91 Å². The summed E-state index contributed by atoms with van der Waals surface area (Å²) in [5.41, 5.74) is 1.82. The third-order valence-electron chi connectivity index (χ3n) is 3.49. The topological polar surface area (TPSA) is 65.5 Å². The van der Waals surface area contributed by atoms with Crippen molar-refractivity contribution in [1.29, 1.82) is 0 Å². The Hall–Kier alpha value is -2.18. The highest BCUT2D eigenvalue weighted by molar-refractivity contribution is 7.99. The van der Waals surface area contributed by atoms with Crippen molar-refractivity contribution in [1.82, 2.24) is 10.6 Å². The Kier molecular flexibility index (Phi) is 9.01. The minimum atomic E-state index is -0.0798. The fourth-order valence-corrected chi connectivity index (χ4v) is 3.23. The van der Waals surface area contributed by atoms with Gasteiger partial charge in [0.25, 0.3) is 0 Å². The first-order valence-corrected chi connectivity index (χ1v) is 10.2. The minimum Gasteiger partial charge on any atom is -0.357 e. The molecule has 0 aliphatic heterocycles. The van der Waals surface area contributed by atoms with E-state index in [1.54, 1.807) is 11.8 Å². The number of rotatable bonds is 8. The summed E-state index contributed by atoms with van der Waals surface area (Å²) in [6.45, 7) is 5.66. The Balaban J connectivity index is 1.84. The van der Waals surface area contributed by atoms with E-state index in [1.165, 1.54) is 11.8 Å². The maximum absolute atomic E-state index is 11.2. The first-order chi connectivity index (χ1) is 13.1. The number of thioether (sulfide) groups is 1. The zero-order valence-electron chi connectivity index (χ0n) is 15.6. The molecule has 7 heteroatoms. The second-order valence-corrected chi connectivity index (χ2v) is 7.41. The van der Waals surface area contributed by atoms with Crippen molar-refractivity contribution in [2.75, 3.05) is 24.2 Å². The summed E-state index contributed by atoms with van der Waals surface area (Å²) < 4.78 is 0. The first kappa shape index (κ1) is 21.1. The van der Waals surface area contributed by atoms with Gasteiger partial charge in [0, 0.05) is 41.4 Å². The Bertz CT molecular complexity index is 765. The van der Waals surface area contributed by atoms with Crippen molar-refractivity contribution in [2.24, 2.45) is 4.99 Å². The van der Waals surface area contributed by atoms with Gasteiger partial charge in [-0.3, -0.25) is 4.79 Å². The van der Waals surface area contributed by atoms with E-state index in [1.807, 2.05) is 55.5 Å². The Labute approximate surface area is 170 Å². The Morgan fingerprint density at radius 2 is 1.93 bits per heavy atom. The van der Waals surface area contributed by atoms with Crippen molar-refractivity contribution in [2.45, 2.75) is 25.3 Å². The molecule has 144 valence electrons. The van der Waals surface area contributed by atoms with Crippen LogP contribution in [-0.4, -0.2) is 30.7 Å². The zero-order chi connectivity index (χ0) is 19.5. The van der Waals surface area contributed by atoms with Gasteiger partial charge in [-0.05, 0) is 48.9 Å². The summed E-state index contributed by atoms with van der Waals surface area (Å²) in [5.74, 6) is 1.62. The van der Waals surface area contributed by atoms with Crippen LogP contribution in [0.3, 0.4) is 0 Å². The van der Waals surface area contributed by atoms with E-state index in [0.717, 1.165) is 41.1 Å². The predicted molar refractivity (Wildman–Crippen MR) is 116 cm³/mol. The third-order valence-corrected chi connectivity index (χ3v) is 4.75. The number of carbonyl (C=O) groups is 1. The Morgan fingerprint density at radius 3 is 2.63 bits per heavy atom. The molecule has 0 spiro atoms. The van der Waals surface area contributed by atoms with Gasteiger partial charge in [0.1, 0.15) is 0 Å². The molecule has 2 rings (SSSR count). The first-order valence-electron chi connectivity index (χ1n) is 8.84. The van der Waals surface area contributed by atoms with Gasteiger partial charge in [0.2, 0.25) is 5.91 Å². The molecule has 0 bridgehead atoms. The third kappa shape index (κ3) is 8.37. The SMILES string of the molecule is CCNC(=NCc1cccc(NC(C)=O)c1)NCCSc1ccc(Cl)cc1. The molecule has 0 unspecified atom stereocenters. The number of aliphatic imine (C=N–C) groups is 1. The van der Waals surface area contributed by atoms with Crippen LogP contribution in [0, 0.1) is 0 Å². The number of benzene rings is 2. The van der Waals surface area contributed by atoms with Gasteiger partial charge in [0.15, 0.2) is 5.96 Å². The number of guanidine groups is 1. The molecule has 0 fully saturated rings. The van der Waals surface area contributed by atoms with Gasteiger partial charge >= 0.3 is 0 Å². The summed E-state index contributed by atoms with van der Waals surface area (Å²) in [4.78, 5) is 17.0. The summed E-state index contributed by atoms with van der Waals surface area (Å²) in [6.07, 6.45) is 0. The standard InChI is InChI=1S/C20H25ClN4OS/c1-3-22-20(23-11-12-27-19-9-7-17(21)8-10-19)24-14-16-5-4-6-18(13-16)25-15(2)26/h4-10,13H,3,11-12,14H2,1-2H3,(H,25,26)(H2,22,23,24). The fourth-order valence-electron chi connectivity index (χ4n) is 2.33. The number of anilines is 1. The number of carbonyl (C=O) groups excluding carboxylic acids is 1. The lowest BCUT2D eigenvalue weighted by Gasteiger charge is -2.11. The van der Waals surface area contributed by atoms with Crippen molar-refractivity contribution >= 4 is 40.9 Å². The van der Waals surface area contributed by atoms with Crippen LogP contribution >= 0.6 is 23.4 Å². The molecule has 0 heterocycles. The van der Waals surface area contributed by atoms with Gasteiger partial charge in [0.05, 0.1) is 6.54 Å². The quantitative estimate of drug-likeness (QED) is 0.267. The maximum atomic E-state index is 11.2. The highest BCUT2D eigenvalue weighted by Crippen LogP contribution is 2.19. The van der Waals surface area contributed by atoms with Crippen LogP contribution in [0.1, 0.15) is 19.4 Å². The van der Waals surface area contributed by atoms with Crippen LogP contribution in [0.15, 0.2) is 58.4 Å². The summed E-state index contributed by atoms with van der Waals surface area (Å²) >= 11 is 7.67. The van der Waals surface area contributed by atoms with E-state index < -0.39 is 0 Å². The summed E-state index contributed by atoms with van der Waals surface area (Å²) in [7, 11) is 0. The van der Waals surface area contributed by atoms with Crippen LogP contribution < -0.4 is 16.0 Å². The molecular weight excluding hydrogens is 380 g/mol. The van der Waals surface area contributed by atoms with Crippen LogP contribution in [0.2, 0.25) is 5.02 Å². The normalized spacial score (nSPS) is 11.1. The molecule has 2 aromatic rings. The molecule has 3 N–H and O–H groups in total. The van der Waals surface area contributed by atoms with E-state index in [9.17, 15) is 4.79 Å². The number of amides is 1. The summed E-state index contributed by atoms with van der Waals surface area (Å²) in [6, 6.07) is 15.6. The van der Waals surface area contributed by atoms with Crippen LogP contribution in [0.25, 0.3) is 0 Å². The second kappa shape index (κ2) is 11.5. The molecule has 0 aliphatic rings. The van der Waals surface area contributed by atoms with Gasteiger partial charge in [-0.2, -0.15) is 0 Å². The lowest BCUT2D eigenvalue weighted by molar-refractivity contribution is -0.114. The number of halogens is 1. The van der Waals surface area contributed by atoms with Crippen LogP contribution in [0.4, 0.5) is 5.69 Å². The average molecular weight is 405 g/mol. The molecule has 2 aromatic carbocycles. The lowest BCUT2D eigenvalue weighted by atomic mass is 10.2. The van der Waals surface area contributed by atoms with Gasteiger partial charge < -0.3 is 16.0 Å². The van der Waals surface area contributed by atoms with Crippen LogP contribution in [0.5, 0.6) is 0 Å². The lowest BCUT2D eigenvalue weighted by Crippen LogP contribution is -2.38. The maximum Gasteiger partial charge on any atom is 0.221 e. The molecular formula is C20H25ClN4OS. The fraction of sp³-hybridized carbons (Fsp3) is 0.300. The number of hydrogen-bond acceptors (Lipinski definition) is 3. The molecule has 0 saturated carbocycles. The monoisotopic (exact) mass is 404 g/mol. The summed E-state index contributed by atoms with van der Waals surface area (Å²) in [5, 5.41) is 10.1. The molecule has 0 radical (unpaired) electrons. The van der Waals surface area contributed by atoms with Gasteiger partial charge in [-0.25, -0.2) is 4.99 Å². The van der Waals surface area contributed by atoms with Gasteiger partial charge in [-0.1, -0.05) is 23.7 Å². The van der Waals surface area contributed by atoms with Crippen LogP contribution in [-0.2, 0) is 11.3 Å². The smallest absolute Gasteiger partial charge is 0.221 e. The molecule has 0 atom stereocenters. The zero-order valence-corrected chi connectivity index (χ0v) is 17.2. The highest BCUT2D eigenvalue weighted by atomic mass is 35.5. The molecule has 5 nitrogen and oxygen atoms in total. The average Bonchev–Trinajstić information content (AvgIpc) is 2.64. The predicted octanol–water partition coefficient (Wildman–Crippen LogP) is 4.15. The van der Waals surface area contributed by atoms with E-state index in [0.29, 0.717) is 6.54 Å². The van der Waals surface area contributed by atoms with Crippen molar-refractivity contribution in [3.63, 3.8) is 0 Å². The minimum absolute atomic E-state index is 0.0798.